The minimum Gasteiger partial charge on any atom is -0.218 e. The molecule has 0 bridgehead atoms. The van der Waals surface area contributed by atoms with Crippen LogP contribution in [0.5, 0.6) is 0 Å². The first-order valence-electron chi connectivity index (χ1n) is 30.5. The van der Waals surface area contributed by atoms with E-state index < -0.39 is 0 Å². The van der Waals surface area contributed by atoms with Crippen molar-refractivity contribution < 1.29 is 0 Å². The molecule has 0 radical (unpaired) electrons. The Kier molecular flexibility index (Phi) is 50.5. The van der Waals surface area contributed by atoms with Crippen molar-refractivity contribution in [3.05, 3.63) is 17.5 Å². The van der Waals surface area contributed by atoms with Crippen LogP contribution in [0.4, 0.5) is 0 Å². The SMILES string of the molecule is CCCCCCCCCCCCCCCCCCCCCCCCCCCCc1nc(CC)nc(CCCCCCCCCCCCCCCCCCCCCCCCCCCC)n1. The van der Waals surface area contributed by atoms with Crippen LogP contribution in [0, 0.1) is 0 Å². The Labute approximate surface area is 404 Å². The highest BCUT2D eigenvalue weighted by molar-refractivity contribution is 4.98. The van der Waals surface area contributed by atoms with Crippen LogP contribution >= 0.6 is 0 Å². The third-order valence-electron chi connectivity index (χ3n) is 14.6. The molecular weight excluding hydrogens is 775 g/mol. The average Bonchev–Trinajstić information content (AvgIpc) is 3.31. The van der Waals surface area contributed by atoms with E-state index in [-0.39, 0.29) is 0 Å². The Morgan fingerprint density at radius 2 is 0.312 bits per heavy atom. The molecule has 0 N–H and O–H groups in total. The van der Waals surface area contributed by atoms with Gasteiger partial charge in [-0.2, -0.15) is 0 Å². The summed E-state index contributed by atoms with van der Waals surface area (Å²) in [5, 5.41) is 0. The number of aromatic nitrogens is 3. The predicted octanol–water partition coefficient (Wildman–Crippen LogP) is 21.8. The van der Waals surface area contributed by atoms with E-state index in [1.54, 1.807) is 0 Å². The Balaban J connectivity index is 1.83. The van der Waals surface area contributed by atoms with Crippen molar-refractivity contribution >= 4 is 0 Å². The van der Waals surface area contributed by atoms with Crippen molar-refractivity contribution in [2.75, 3.05) is 0 Å². The van der Waals surface area contributed by atoms with Crippen LogP contribution < -0.4 is 0 Å². The quantitative estimate of drug-likeness (QED) is 0.0612. The molecule has 0 aromatic carbocycles. The summed E-state index contributed by atoms with van der Waals surface area (Å²) in [4.78, 5) is 14.5. The van der Waals surface area contributed by atoms with Crippen molar-refractivity contribution in [2.24, 2.45) is 0 Å². The standard InChI is InChI=1S/C61H119N3/c1-4-7-9-11-13-15-17-19-21-23-25-27-29-31-33-35-37-39-41-43-45-47-49-51-53-55-57-60-62-59(6-3)63-61(64-60)58-56-54-52-50-48-46-44-42-40-38-36-34-32-30-28-26-24-22-20-18-16-14-12-10-8-5-2/h4-58H2,1-3H3. The molecule has 0 saturated carbocycles. The van der Waals surface area contributed by atoms with Gasteiger partial charge in [-0.15, -0.1) is 0 Å². The zero-order valence-corrected chi connectivity index (χ0v) is 44.7. The number of hydrogen-bond donors (Lipinski definition) is 0. The van der Waals surface area contributed by atoms with Crippen molar-refractivity contribution in [1.82, 2.24) is 15.0 Å². The van der Waals surface area contributed by atoms with Gasteiger partial charge >= 0.3 is 0 Å². The Morgan fingerprint density at radius 3 is 0.469 bits per heavy atom. The van der Waals surface area contributed by atoms with Crippen molar-refractivity contribution in [2.45, 2.75) is 374 Å². The van der Waals surface area contributed by atoms with Gasteiger partial charge in [-0.25, -0.2) is 15.0 Å². The lowest BCUT2D eigenvalue weighted by Gasteiger charge is -2.07. The molecule has 3 heteroatoms. The van der Waals surface area contributed by atoms with Gasteiger partial charge in [0, 0.05) is 19.3 Å². The number of rotatable bonds is 55. The second kappa shape index (κ2) is 53.0. The molecule has 0 fully saturated rings. The van der Waals surface area contributed by atoms with Crippen molar-refractivity contribution in [1.29, 1.82) is 0 Å². The van der Waals surface area contributed by atoms with Crippen LogP contribution in [-0.4, -0.2) is 15.0 Å². The zero-order valence-electron chi connectivity index (χ0n) is 44.7. The summed E-state index contributed by atoms with van der Waals surface area (Å²) < 4.78 is 0. The van der Waals surface area contributed by atoms with Gasteiger partial charge < -0.3 is 0 Å². The molecule has 1 rings (SSSR count). The number of nitrogens with zero attached hydrogens (tertiary/aromatic N) is 3. The van der Waals surface area contributed by atoms with E-state index in [1.807, 2.05) is 0 Å². The molecule has 0 amide bonds. The van der Waals surface area contributed by atoms with Crippen LogP contribution in [0.1, 0.15) is 372 Å². The molecule has 0 aliphatic carbocycles. The summed E-state index contributed by atoms with van der Waals surface area (Å²) in [6.07, 6.45) is 78.0. The summed E-state index contributed by atoms with van der Waals surface area (Å²) in [5.41, 5.74) is 0. The van der Waals surface area contributed by atoms with Crippen molar-refractivity contribution in [3.63, 3.8) is 0 Å². The molecule has 0 aliphatic rings. The summed E-state index contributed by atoms with van der Waals surface area (Å²) >= 11 is 0. The molecule has 0 saturated heterocycles. The van der Waals surface area contributed by atoms with E-state index in [1.165, 1.54) is 334 Å². The normalized spacial score (nSPS) is 11.7. The second-order valence-corrected chi connectivity index (χ2v) is 21.1. The zero-order chi connectivity index (χ0) is 45.7. The lowest BCUT2D eigenvalue weighted by molar-refractivity contribution is 0.514. The van der Waals surface area contributed by atoms with Gasteiger partial charge in [-0.05, 0) is 12.8 Å². The van der Waals surface area contributed by atoms with Crippen LogP contribution in [0.25, 0.3) is 0 Å². The monoisotopic (exact) mass is 894 g/mol. The minimum atomic E-state index is 0.918. The summed E-state index contributed by atoms with van der Waals surface area (Å²) in [6.45, 7) is 6.81. The maximum atomic E-state index is 4.92. The smallest absolute Gasteiger partial charge is 0.132 e. The Hall–Kier alpha value is -0.990. The maximum absolute atomic E-state index is 4.92. The second-order valence-electron chi connectivity index (χ2n) is 21.1. The van der Waals surface area contributed by atoms with Gasteiger partial charge in [0.05, 0.1) is 0 Å². The first kappa shape index (κ1) is 61.0. The topological polar surface area (TPSA) is 38.7 Å². The maximum Gasteiger partial charge on any atom is 0.132 e. The van der Waals surface area contributed by atoms with Gasteiger partial charge in [0.15, 0.2) is 0 Å². The highest BCUT2D eigenvalue weighted by Crippen LogP contribution is 2.19. The fraction of sp³-hybridized carbons (Fsp3) is 0.951. The van der Waals surface area contributed by atoms with Gasteiger partial charge in [-0.1, -0.05) is 342 Å². The fourth-order valence-corrected chi connectivity index (χ4v) is 10.1. The molecular formula is C61H119N3. The lowest BCUT2D eigenvalue weighted by Crippen LogP contribution is -2.07. The molecule has 0 unspecified atom stereocenters. The van der Waals surface area contributed by atoms with E-state index >= 15 is 0 Å². The molecule has 3 nitrogen and oxygen atoms in total. The van der Waals surface area contributed by atoms with Crippen molar-refractivity contribution in [3.8, 4) is 0 Å². The summed E-state index contributed by atoms with van der Waals surface area (Å²) in [5.74, 6) is 3.12. The average molecular weight is 895 g/mol. The van der Waals surface area contributed by atoms with E-state index in [4.69, 9.17) is 15.0 Å². The Bertz CT molecular complexity index is 933. The van der Waals surface area contributed by atoms with E-state index in [2.05, 4.69) is 20.8 Å². The van der Waals surface area contributed by atoms with Crippen LogP contribution in [0.3, 0.4) is 0 Å². The molecule has 64 heavy (non-hydrogen) atoms. The minimum absolute atomic E-state index is 0.918. The molecule has 1 aromatic heterocycles. The van der Waals surface area contributed by atoms with Gasteiger partial charge in [0.1, 0.15) is 17.5 Å². The summed E-state index contributed by atoms with van der Waals surface area (Å²) in [6, 6.07) is 0. The molecule has 1 heterocycles. The van der Waals surface area contributed by atoms with Gasteiger partial charge in [0.25, 0.3) is 0 Å². The van der Waals surface area contributed by atoms with E-state index in [0.29, 0.717) is 0 Å². The largest absolute Gasteiger partial charge is 0.218 e. The highest BCUT2D eigenvalue weighted by Gasteiger charge is 2.07. The van der Waals surface area contributed by atoms with Crippen LogP contribution in [0.15, 0.2) is 0 Å². The number of aryl methyl sites for hydroxylation is 3. The van der Waals surface area contributed by atoms with Crippen LogP contribution in [-0.2, 0) is 19.3 Å². The Morgan fingerprint density at radius 1 is 0.172 bits per heavy atom. The summed E-state index contributed by atoms with van der Waals surface area (Å²) in [7, 11) is 0. The van der Waals surface area contributed by atoms with Gasteiger partial charge in [0.2, 0.25) is 0 Å². The fourth-order valence-electron chi connectivity index (χ4n) is 10.1. The number of hydrogen-bond acceptors (Lipinski definition) is 3. The molecule has 0 aliphatic heterocycles. The molecule has 0 spiro atoms. The predicted molar refractivity (Wildman–Crippen MR) is 288 cm³/mol. The first-order valence-corrected chi connectivity index (χ1v) is 30.5. The van der Waals surface area contributed by atoms with E-state index in [9.17, 15) is 0 Å². The molecule has 378 valence electrons. The highest BCUT2D eigenvalue weighted by atomic mass is 15.0. The number of unbranched alkanes of at least 4 members (excludes halogenated alkanes) is 50. The lowest BCUT2D eigenvalue weighted by atomic mass is 10.0. The van der Waals surface area contributed by atoms with E-state index in [0.717, 1.165) is 36.7 Å². The third-order valence-corrected chi connectivity index (χ3v) is 14.6. The third kappa shape index (κ3) is 46.1. The van der Waals surface area contributed by atoms with Crippen LogP contribution in [0.2, 0.25) is 0 Å². The molecule has 1 aromatic rings. The molecule has 0 atom stereocenters. The first-order chi connectivity index (χ1) is 31.8. The van der Waals surface area contributed by atoms with Gasteiger partial charge in [-0.3, -0.25) is 0 Å².